The molecule has 1 N–H and O–H groups in total. The third-order valence-electron chi connectivity index (χ3n) is 5.49. The zero-order valence-corrected chi connectivity index (χ0v) is 16.9. The van der Waals surface area contributed by atoms with Crippen LogP contribution in [0.15, 0.2) is 31.2 Å². The number of anilines is 1. The molecule has 0 aromatic carbocycles. The van der Waals surface area contributed by atoms with Crippen LogP contribution in [0.25, 0.3) is 11.3 Å². The number of ether oxygens (including phenoxy) is 2. The Morgan fingerprint density at radius 3 is 3.00 bits per heavy atom. The summed E-state index contributed by atoms with van der Waals surface area (Å²) in [5, 5.41) is 7.81. The van der Waals surface area contributed by atoms with E-state index in [0.717, 1.165) is 17.7 Å². The van der Waals surface area contributed by atoms with Crippen LogP contribution in [0.1, 0.15) is 31.4 Å². The lowest BCUT2D eigenvalue weighted by Crippen LogP contribution is -2.41. The van der Waals surface area contributed by atoms with E-state index in [0.29, 0.717) is 48.4 Å². The van der Waals surface area contributed by atoms with Gasteiger partial charge < -0.3 is 19.7 Å². The number of pyridine rings is 1. The summed E-state index contributed by atoms with van der Waals surface area (Å²) in [6, 6.07) is 1.61. The van der Waals surface area contributed by atoms with Crippen molar-refractivity contribution < 1.29 is 13.9 Å². The van der Waals surface area contributed by atoms with E-state index in [4.69, 9.17) is 14.5 Å². The van der Waals surface area contributed by atoms with Crippen LogP contribution in [-0.4, -0.2) is 44.9 Å². The topological polar surface area (TPSA) is 76.8 Å². The number of hydrogen-bond acceptors (Lipinski definition) is 7. The number of fused-ring (bicyclic) bond motifs is 1. The molecule has 8 nitrogen and oxygen atoms in total. The molecule has 0 fully saturated rings. The van der Waals surface area contributed by atoms with Gasteiger partial charge in [-0.05, 0) is 19.9 Å². The zero-order valence-electron chi connectivity index (χ0n) is 16.9. The monoisotopic (exact) mass is 410 g/mol. The first-order valence-electron chi connectivity index (χ1n) is 10.0. The van der Waals surface area contributed by atoms with Crippen molar-refractivity contribution in [3.05, 3.63) is 48.2 Å². The number of nitrogens with one attached hydrogen (secondary N) is 1. The molecule has 2 bridgehead atoms. The predicted octanol–water partition coefficient (Wildman–Crippen LogP) is 2.78. The second-order valence-electron chi connectivity index (χ2n) is 7.82. The molecule has 2 aliphatic rings. The van der Waals surface area contributed by atoms with Crippen LogP contribution in [0.2, 0.25) is 0 Å². The molecule has 5 heterocycles. The van der Waals surface area contributed by atoms with Crippen LogP contribution in [0.3, 0.4) is 0 Å². The van der Waals surface area contributed by atoms with Gasteiger partial charge in [0.15, 0.2) is 17.2 Å². The van der Waals surface area contributed by atoms with Crippen molar-refractivity contribution in [1.82, 2.24) is 24.9 Å². The first kappa shape index (κ1) is 18.7. The lowest BCUT2D eigenvalue weighted by atomic mass is 10.1. The SMILES string of the molecule is C=C1N[C@H](C)CCOc2ncc(F)cc2CN2c3nc4c1cnn4cc3OC[C@H]2C. The Morgan fingerprint density at radius 1 is 1.27 bits per heavy atom. The van der Waals surface area contributed by atoms with Crippen molar-refractivity contribution in [2.75, 3.05) is 18.1 Å². The molecule has 0 aliphatic carbocycles. The molecule has 0 saturated heterocycles. The molecular formula is C21H23FN6O2. The molecule has 0 spiro atoms. The summed E-state index contributed by atoms with van der Waals surface area (Å²) in [4.78, 5) is 11.1. The second-order valence-corrected chi connectivity index (χ2v) is 7.82. The first-order chi connectivity index (χ1) is 14.5. The number of nitrogens with zero attached hydrogens (tertiary/aromatic N) is 5. The summed E-state index contributed by atoms with van der Waals surface area (Å²) >= 11 is 0. The summed E-state index contributed by atoms with van der Waals surface area (Å²) in [6.45, 7) is 9.61. The average molecular weight is 410 g/mol. The van der Waals surface area contributed by atoms with Gasteiger partial charge >= 0.3 is 0 Å². The minimum absolute atomic E-state index is 0.0317. The second kappa shape index (κ2) is 7.16. The Balaban J connectivity index is 1.67. The predicted molar refractivity (Wildman–Crippen MR) is 110 cm³/mol. The highest BCUT2D eigenvalue weighted by Gasteiger charge is 2.29. The summed E-state index contributed by atoms with van der Waals surface area (Å²) in [5.74, 6) is 1.34. The van der Waals surface area contributed by atoms with E-state index in [1.807, 2.05) is 13.1 Å². The van der Waals surface area contributed by atoms with Crippen LogP contribution < -0.4 is 19.7 Å². The minimum Gasteiger partial charge on any atom is -0.486 e. The molecule has 3 aromatic rings. The van der Waals surface area contributed by atoms with Gasteiger partial charge in [0.05, 0.1) is 43.3 Å². The third-order valence-corrected chi connectivity index (χ3v) is 5.49. The molecular weight excluding hydrogens is 387 g/mol. The Morgan fingerprint density at radius 2 is 2.13 bits per heavy atom. The molecule has 0 saturated carbocycles. The molecule has 2 aliphatic heterocycles. The minimum atomic E-state index is -0.396. The van der Waals surface area contributed by atoms with Gasteiger partial charge in [0.2, 0.25) is 5.88 Å². The third kappa shape index (κ3) is 3.20. The van der Waals surface area contributed by atoms with Crippen LogP contribution in [-0.2, 0) is 6.54 Å². The number of rotatable bonds is 0. The number of aromatic nitrogens is 4. The normalized spacial score (nSPS) is 21.4. The maximum atomic E-state index is 14.0. The molecule has 3 aromatic heterocycles. The Bertz CT molecular complexity index is 1130. The fourth-order valence-corrected chi connectivity index (χ4v) is 3.82. The van der Waals surface area contributed by atoms with Crippen molar-refractivity contribution in [3.63, 3.8) is 0 Å². The highest BCUT2D eigenvalue weighted by molar-refractivity contribution is 5.75. The maximum Gasteiger partial charge on any atom is 0.218 e. The average Bonchev–Trinajstić information content (AvgIpc) is 3.13. The summed E-state index contributed by atoms with van der Waals surface area (Å²) < 4.78 is 27.5. The fourth-order valence-electron chi connectivity index (χ4n) is 3.82. The standard InChI is InChI=1S/C21H23FN6O2/c1-12-4-5-29-21-15(6-16(22)7-23-21)9-27-13(2)11-30-18-10-28-19(26-20(18)27)17(8-24-28)14(3)25-12/h6-8,10,12-13,25H,3-5,9,11H2,1-2H3/t12-,13-/m1/s1. The summed E-state index contributed by atoms with van der Waals surface area (Å²) in [5.41, 5.74) is 2.94. The number of hydrogen-bond donors (Lipinski definition) is 1. The van der Waals surface area contributed by atoms with E-state index in [2.05, 4.69) is 33.8 Å². The molecule has 0 amide bonds. The molecule has 0 radical (unpaired) electrons. The molecule has 30 heavy (non-hydrogen) atoms. The smallest absolute Gasteiger partial charge is 0.218 e. The fraction of sp³-hybridized carbons (Fsp3) is 0.381. The van der Waals surface area contributed by atoms with Crippen molar-refractivity contribution in [3.8, 4) is 11.6 Å². The lowest BCUT2D eigenvalue weighted by molar-refractivity contribution is 0.261. The number of halogens is 1. The summed E-state index contributed by atoms with van der Waals surface area (Å²) in [6.07, 6.45) is 5.49. The van der Waals surface area contributed by atoms with Crippen molar-refractivity contribution >= 4 is 17.2 Å². The van der Waals surface area contributed by atoms with Gasteiger partial charge in [-0.2, -0.15) is 5.10 Å². The molecule has 2 atom stereocenters. The molecule has 0 unspecified atom stereocenters. The van der Waals surface area contributed by atoms with E-state index < -0.39 is 5.82 Å². The Kier molecular flexibility index (Phi) is 4.45. The van der Waals surface area contributed by atoms with E-state index >= 15 is 0 Å². The van der Waals surface area contributed by atoms with Gasteiger partial charge in [-0.3, -0.25) is 0 Å². The van der Waals surface area contributed by atoms with Crippen LogP contribution in [0.5, 0.6) is 11.6 Å². The zero-order chi connectivity index (χ0) is 20.8. The van der Waals surface area contributed by atoms with Gasteiger partial charge in [-0.15, -0.1) is 0 Å². The Hall–Kier alpha value is -3.36. The van der Waals surface area contributed by atoms with Crippen LogP contribution in [0, 0.1) is 5.82 Å². The van der Waals surface area contributed by atoms with E-state index in [1.54, 1.807) is 10.7 Å². The highest BCUT2D eigenvalue weighted by Crippen LogP contribution is 2.35. The summed E-state index contributed by atoms with van der Waals surface area (Å²) in [7, 11) is 0. The van der Waals surface area contributed by atoms with E-state index in [9.17, 15) is 4.39 Å². The quantitative estimate of drug-likeness (QED) is 0.611. The van der Waals surface area contributed by atoms with Gasteiger partial charge in [-0.1, -0.05) is 6.58 Å². The first-order valence-corrected chi connectivity index (χ1v) is 10.0. The highest BCUT2D eigenvalue weighted by atomic mass is 19.1. The van der Waals surface area contributed by atoms with Crippen molar-refractivity contribution in [1.29, 1.82) is 0 Å². The molecule has 9 heteroatoms. The van der Waals surface area contributed by atoms with E-state index in [1.165, 1.54) is 12.3 Å². The molecule has 156 valence electrons. The van der Waals surface area contributed by atoms with Crippen LogP contribution >= 0.6 is 0 Å². The van der Waals surface area contributed by atoms with E-state index in [-0.39, 0.29) is 12.1 Å². The maximum absolute atomic E-state index is 14.0. The van der Waals surface area contributed by atoms with Gasteiger partial charge in [0.1, 0.15) is 12.4 Å². The van der Waals surface area contributed by atoms with Crippen molar-refractivity contribution in [2.45, 2.75) is 38.9 Å². The largest absolute Gasteiger partial charge is 0.486 e. The Labute approximate surface area is 173 Å². The van der Waals surface area contributed by atoms with Crippen LogP contribution in [0.4, 0.5) is 10.2 Å². The van der Waals surface area contributed by atoms with Gasteiger partial charge in [0, 0.05) is 23.7 Å². The van der Waals surface area contributed by atoms with Gasteiger partial charge in [-0.25, -0.2) is 18.9 Å². The lowest BCUT2D eigenvalue weighted by Gasteiger charge is -2.36. The molecule has 5 rings (SSSR count). The van der Waals surface area contributed by atoms with Gasteiger partial charge in [0.25, 0.3) is 0 Å². The van der Waals surface area contributed by atoms with Crippen molar-refractivity contribution in [2.24, 2.45) is 0 Å².